The number of likely N-dealkylation sites (N-methyl/N-ethyl adjacent to an activating group) is 2. The standard InChI is InChI=1S/C15H26N4O3S/c1-6-8-17(4)9-10-19(7-2)23(21,22)13-11-14(15(20)16-3)18(5)12-13/h6,11-12H,1,7-10H2,2-5H3,(H,16,20). The van der Waals surface area contributed by atoms with Gasteiger partial charge in [0.15, 0.2) is 0 Å². The van der Waals surface area contributed by atoms with Crippen LogP contribution in [0.4, 0.5) is 0 Å². The molecule has 1 aromatic rings. The van der Waals surface area contributed by atoms with Gasteiger partial charge in [-0.2, -0.15) is 4.31 Å². The molecule has 1 heterocycles. The van der Waals surface area contributed by atoms with Gasteiger partial charge in [-0.05, 0) is 13.1 Å². The summed E-state index contributed by atoms with van der Waals surface area (Å²) in [7, 11) is 1.45. The molecule has 1 N–H and O–H groups in total. The highest BCUT2D eigenvalue weighted by molar-refractivity contribution is 7.89. The van der Waals surface area contributed by atoms with E-state index in [2.05, 4.69) is 11.9 Å². The molecule has 0 spiro atoms. The zero-order chi connectivity index (χ0) is 17.6. The van der Waals surface area contributed by atoms with Gasteiger partial charge in [0.1, 0.15) is 10.6 Å². The van der Waals surface area contributed by atoms with Crippen LogP contribution < -0.4 is 5.32 Å². The predicted molar refractivity (Wildman–Crippen MR) is 90.9 cm³/mol. The Morgan fingerprint density at radius 1 is 1.43 bits per heavy atom. The van der Waals surface area contributed by atoms with Crippen molar-refractivity contribution >= 4 is 15.9 Å². The molecule has 0 unspecified atom stereocenters. The number of amides is 1. The number of rotatable bonds is 9. The summed E-state index contributed by atoms with van der Waals surface area (Å²) in [6.07, 6.45) is 3.24. The molecule has 0 aliphatic rings. The monoisotopic (exact) mass is 342 g/mol. The zero-order valence-corrected chi connectivity index (χ0v) is 15.1. The molecule has 0 saturated heterocycles. The van der Waals surface area contributed by atoms with Gasteiger partial charge in [-0.3, -0.25) is 4.79 Å². The van der Waals surface area contributed by atoms with Gasteiger partial charge >= 0.3 is 0 Å². The highest BCUT2D eigenvalue weighted by Crippen LogP contribution is 2.18. The maximum Gasteiger partial charge on any atom is 0.267 e. The molecule has 130 valence electrons. The third kappa shape index (κ3) is 4.66. The Labute approximate surface area is 138 Å². The molecule has 1 rings (SSSR count). The summed E-state index contributed by atoms with van der Waals surface area (Å²) < 4.78 is 28.4. The normalized spacial score (nSPS) is 11.9. The second kappa shape index (κ2) is 8.28. The zero-order valence-electron chi connectivity index (χ0n) is 14.2. The number of aromatic nitrogens is 1. The third-order valence-electron chi connectivity index (χ3n) is 3.60. The number of hydrogen-bond acceptors (Lipinski definition) is 4. The summed E-state index contributed by atoms with van der Waals surface area (Å²) >= 11 is 0. The molecular weight excluding hydrogens is 316 g/mol. The molecule has 0 aliphatic carbocycles. The van der Waals surface area contributed by atoms with Crippen molar-refractivity contribution in [1.29, 1.82) is 0 Å². The van der Waals surface area contributed by atoms with Gasteiger partial charge < -0.3 is 14.8 Å². The fraction of sp³-hybridized carbons (Fsp3) is 0.533. The predicted octanol–water partition coefficient (Wildman–Crippen LogP) is 0.513. The summed E-state index contributed by atoms with van der Waals surface area (Å²) in [5, 5.41) is 2.50. The van der Waals surface area contributed by atoms with E-state index >= 15 is 0 Å². The van der Waals surface area contributed by atoms with Crippen molar-refractivity contribution in [1.82, 2.24) is 19.1 Å². The van der Waals surface area contributed by atoms with Crippen molar-refractivity contribution in [3.63, 3.8) is 0 Å². The van der Waals surface area contributed by atoms with Crippen LogP contribution in [0.2, 0.25) is 0 Å². The average Bonchev–Trinajstić information content (AvgIpc) is 2.90. The highest BCUT2D eigenvalue weighted by atomic mass is 32.2. The summed E-state index contributed by atoms with van der Waals surface area (Å²) in [4.78, 5) is 13.9. The van der Waals surface area contributed by atoms with Crippen LogP contribution in [-0.2, 0) is 17.1 Å². The van der Waals surface area contributed by atoms with Crippen LogP contribution in [0.25, 0.3) is 0 Å². The minimum atomic E-state index is -3.63. The summed E-state index contributed by atoms with van der Waals surface area (Å²) in [6, 6.07) is 1.41. The number of carbonyl (C=O) groups excluding carboxylic acids is 1. The van der Waals surface area contributed by atoms with Gasteiger partial charge in [0, 0.05) is 46.5 Å². The topological polar surface area (TPSA) is 74.7 Å². The van der Waals surface area contributed by atoms with Gasteiger partial charge in [-0.25, -0.2) is 8.42 Å². The van der Waals surface area contributed by atoms with E-state index < -0.39 is 10.0 Å². The molecular formula is C15H26N4O3S. The van der Waals surface area contributed by atoms with Crippen molar-refractivity contribution in [2.75, 3.05) is 40.3 Å². The molecule has 1 amide bonds. The van der Waals surface area contributed by atoms with Crippen LogP contribution in [0, 0.1) is 0 Å². The molecule has 0 aliphatic heterocycles. The molecule has 1 aromatic heterocycles. The van der Waals surface area contributed by atoms with E-state index in [9.17, 15) is 13.2 Å². The number of nitrogens with zero attached hydrogens (tertiary/aromatic N) is 3. The fourth-order valence-electron chi connectivity index (χ4n) is 2.22. The molecule has 7 nitrogen and oxygen atoms in total. The lowest BCUT2D eigenvalue weighted by Crippen LogP contribution is -2.37. The summed E-state index contributed by atoms with van der Waals surface area (Å²) in [6.45, 7) is 7.52. The van der Waals surface area contributed by atoms with E-state index in [1.165, 1.54) is 28.2 Å². The Bertz CT molecular complexity index is 652. The van der Waals surface area contributed by atoms with E-state index in [4.69, 9.17) is 0 Å². The van der Waals surface area contributed by atoms with Crippen molar-refractivity contribution in [3.05, 3.63) is 30.6 Å². The second-order valence-corrected chi connectivity index (χ2v) is 7.24. The number of hydrogen-bond donors (Lipinski definition) is 1. The Hall–Kier alpha value is -1.64. The molecule has 23 heavy (non-hydrogen) atoms. The Morgan fingerprint density at radius 3 is 2.61 bits per heavy atom. The third-order valence-corrected chi connectivity index (χ3v) is 5.54. The Kier molecular flexibility index (Phi) is 6.99. The minimum Gasteiger partial charge on any atom is -0.354 e. The Morgan fingerprint density at radius 2 is 2.09 bits per heavy atom. The van der Waals surface area contributed by atoms with Crippen molar-refractivity contribution in [2.45, 2.75) is 11.8 Å². The molecule has 0 aromatic carbocycles. The highest BCUT2D eigenvalue weighted by Gasteiger charge is 2.26. The smallest absolute Gasteiger partial charge is 0.267 e. The van der Waals surface area contributed by atoms with Crippen LogP contribution in [0.1, 0.15) is 17.4 Å². The van der Waals surface area contributed by atoms with Crippen molar-refractivity contribution < 1.29 is 13.2 Å². The first kappa shape index (κ1) is 19.4. The van der Waals surface area contributed by atoms with Crippen LogP contribution >= 0.6 is 0 Å². The first-order chi connectivity index (χ1) is 10.8. The molecule has 8 heteroatoms. The fourth-order valence-corrected chi connectivity index (χ4v) is 3.73. The minimum absolute atomic E-state index is 0.131. The van der Waals surface area contributed by atoms with Crippen LogP contribution in [0.15, 0.2) is 29.8 Å². The number of nitrogens with one attached hydrogen (secondary N) is 1. The second-order valence-electron chi connectivity index (χ2n) is 5.30. The van der Waals surface area contributed by atoms with E-state index in [1.807, 2.05) is 11.9 Å². The van der Waals surface area contributed by atoms with Crippen LogP contribution in [-0.4, -0.2) is 68.4 Å². The maximum absolute atomic E-state index is 12.8. The van der Waals surface area contributed by atoms with Crippen LogP contribution in [0.5, 0.6) is 0 Å². The Balaban J connectivity index is 2.99. The van der Waals surface area contributed by atoms with Crippen LogP contribution in [0.3, 0.4) is 0 Å². The maximum atomic E-state index is 12.8. The van der Waals surface area contributed by atoms with E-state index in [-0.39, 0.29) is 10.8 Å². The van der Waals surface area contributed by atoms with Gasteiger partial charge in [0.25, 0.3) is 5.91 Å². The first-order valence-electron chi connectivity index (χ1n) is 7.45. The number of aryl methyl sites for hydroxylation is 1. The van der Waals surface area contributed by atoms with Gasteiger partial charge in [-0.1, -0.05) is 13.0 Å². The SMILES string of the molecule is C=CCN(C)CCN(CC)S(=O)(=O)c1cc(C(=O)NC)n(C)c1. The lowest BCUT2D eigenvalue weighted by atomic mass is 10.4. The van der Waals surface area contributed by atoms with Crippen molar-refractivity contribution in [3.8, 4) is 0 Å². The van der Waals surface area contributed by atoms with Gasteiger partial charge in [0.2, 0.25) is 10.0 Å². The molecule has 0 bridgehead atoms. The first-order valence-corrected chi connectivity index (χ1v) is 8.89. The van der Waals surface area contributed by atoms with E-state index in [0.717, 1.165) is 0 Å². The largest absolute Gasteiger partial charge is 0.354 e. The summed E-state index contributed by atoms with van der Waals surface area (Å²) in [5.74, 6) is -0.317. The number of sulfonamides is 1. The van der Waals surface area contributed by atoms with Gasteiger partial charge in [-0.15, -0.1) is 6.58 Å². The van der Waals surface area contributed by atoms with E-state index in [0.29, 0.717) is 31.9 Å². The molecule has 0 radical (unpaired) electrons. The summed E-state index contributed by atoms with van der Waals surface area (Å²) in [5.41, 5.74) is 0.311. The lowest BCUT2D eigenvalue weighted by Gasteiger charge is -2.23. The number of carbonyl (C=O) groups is 1. The quantitative estimate of drug-likeness (QED) is 0.664. The lowest BCUT2D eigenvalue weighted by molar-refractivity contribution is 0.0955. The molecule has 0 saturated carbocycles. The molecule has 0 fully saturated rings. The van der Waals surface area contributed by atoms with Gasteiger partial charge in [0.05, 0.1) is 0 Å². The molecule has 0 atom stereocenters. The van der Waals surface area contributed by atoms with Crippen molar-refractivity contribution in [2.24, 2.45) is 7.05 Å². The average molecular weight is 342 g/mol. The van der Waals surface area contributed by atoms with E-state index in [1.54, 1.807) is 20.0 Å².